The van der Waals surface area contributed by atoms with E-state index < -0.39 is 0 Å². The molecule has 0 aliphatic carbocycles. The third-order valence-corrected chi connectivity index (χ3v) is 2.37. The first-order valence-electron chi connectivity index (χ1n) is 5.10. The summed E-state index contributed by atoms with van der Waals surface area (Å²) < 4.78 is 13.4. The predicted molar refractivity (Wildman–Crippen MR) is 61.7 cm³/mol. The maximum absolute atomic E-state index is 13.4. The van der Waals surface area contributed by atoms with Crippen LogP contribution < -0.4 is 10.6 Å². The van der Waals surface area contributed by atoms with E-state index in [0.29, 0.717) is 12.1 Å². The molecule has 0 atom stereocenters. The van der Waals surface area contributed by atoms with Gasteiger partial charge in [0, 0.05) is 25.2 Å². The summed E-state index contributed by atoms with van der Waals surface area (Å²) in [5.74, 6) is -0.324. The number of benzene rings is 1. The highest BCUT2D eigenvalue weighted by atomic mass is 35.5. The molecule has 0 fully saturated rings. The van der Waals surface area contributed by atoms with E-state index in [2.05, 4.69) is 17.6 Å². The monoisotopic (exact) mass is 230 g/mol. The van der Waals surface area contributed by atoms with E-state index in [1.165, 1.54) is 0 Å². The molecule has 1 aromatic carbocycles. The second-order valence-electron chi connectivity index (χ2n) is 3.24. The number of rotatable bonds is 6. The maximum Gasteiger partial charge on any atom is 0.146 e. The lowest BCUT2D eigenvalue weighted by Gasteiger charge is -2.06. The van der Waals surface area contributed by atoms with Gasteiger partial charge in [-0.2, -0.15) is 0 Å². The molecule has 0 heterocycles. The van der Waals surface area contributed by atoms with Gasteiger partial charge in [-0.3, -0.25) is 0 Å². The van der Waals surface area contributed by atoms with Gasteiger partial charge in [-0.25, -0.2) is 4.39 Å². The third-order valence-electron chi connectivity index (χ3n) is 2.08. The van der Waals surface area contributed by atoms with Gasteiger partial charge in [0.2, 0.25) is 0 Å². The molecule has 0 radical (unpaired) electrons. The Morgan fingerprint density at radius 2 is 2.00 bits per heavy atom. The standard InChI is InChI=1S/C11H16ClFN2/c1-2-14-6-7-15-8-9-4-3-5-10(12)11(9)13/h3-5,14-15H,2,6-8H2,1H3. The topological polar surface area (TPSA) is 24.1 Å². The van der Waals surface area contributed by atoms with Crippen molar-refractivity contribution in [2.45, 2.75) is 13.5 Å². The first-order valence-corrected chi connectivity index (χ1v) is 5.47. The van der Waals surface area contributed by atoms with Crippen LogP contribution >= 0.6 is 11.6 Å². The first kappa shape index (κ1) is 12.4. The molecule has 1 rings (SSSR count). The summed E-state index contributed by atoms with van der Waals surface area (Å²) in [6.45, 7) is 5.22. The van der Waals surface area contributed by atoms with Gasteiger partial charge in [0.1, 0.15) is 5.82 Å². The highest BCUT2D eigenvalue weighted by molar-refractivity contribution is 6.30. The molecule has 0 spiro atoms. The Balaban J connectivity index is 2.34. The predicted octanol–water partition coefficient (Wildman–Crippen LogP) is 2.18. The zero-order chi connectivity index (χ0) is 11.1. The Labute approximate surface area is 94.8 Å². The molecule has 2 nitrogen and oxygen atoms in total. The van der Waals surface area contributed by atoms with Gasteiger partial charge in [0.05, 0.1) is 5.02 Å². The molecule has 0 bridgehead atoms. The summed E-state index contributed by atoms with van der Waals surface area (Å²) >= 11 is 5.66. The van der Waals surface area contributed by atoms with Crippen LogP contribution in [0.1, 0.15) is 12.5 Å². The van der Waals surface area contributed by atoms with Gasteiger partial charge in [-0.05, 0) is 12.6 Å². The van der Waals surface area contributed by atoms with E-state index in [4.69, 9.17) is 11.6 Å². The van der Waals surface area contributed by atoms with Crippen molar-refractivity contribution >= 4 is 11.6 Å². The average molecular weight is 231 g/mol. The summed E-state index contributed by atoms with van der Waals surface area (Å²) in [7, 11) is 0. The molecule has 0 saturated carbocycles. The van der Waals surface area contributed by atoms with Gasteiger partial charge in [0.15, 0.2) is 0 Å². The van der Waals surface area contributed by atoms with Crippen molar-refractivity contribution in [1.29, 1.82) is 0 Å². The molecule has 84 valence electrons. The summed E-state index contributed by atoms with van der Waals surface area (Å²) in [6.07, 6.45) is 0. The van der Waals surface area contributed by atoms with Crippen molar-refractivity contribution in [2.75, 3.05) is 19.6 Å². The lowest BCUT2D eigenvalue weighted by atomic mass is 10.2. The fraction of sp³-hybridized carbons (Fsp3) is 0.455. The van der Waals surface area contributed by atoms with Crippen LogP contribution in [0.5, 0.6) is 0 Å². The molecule has 1 aromatic rings. The minimum atomic E-state index is -0.324. The number of likely N-dealkylation sites (N-methyl/N-ethyl adjacent to an activating group) is 1. The molecule has 4 heteroatoms. The zero-order valence-corrected chi connectivity index (χ0v) is 9.57. The fourth-order valence-corrected chi connectivity index (χ4v) is 1.46. The summed E-state index contributed by atoms with van der Waals surface area (Å²) in [5, 5.41) is 6.50. The van der Waals surface area contributed by atoms with E-state index in [-0.39, 0.29) is 10.8 Å². The molecule has 2 N–H and O–H groups in total. The molecule has 15 heavy (non-hydrogen) atoms. The van der Waals surface area contributed by atoms with Gasteiger partial charge in [0.25, 0.3) is 0 Å². The maximum atomic E-state index is 13.4. The van der Waals surface area contributed by atoms with E-state index in [1.807, 2.05) is 0 Å². The third kappa shape index (κ3) is 4.16. The van der Waals surface area contributed by atoms with Crippen LogP contribution in [0.4, 0.5) is 4.39 Å². The number of hydrogen-bond donors (Lipinski definition) is 2. The van der Waals surface area contributed by atoms with Crippen LogP contribution in [0.15, 0.2) is 18.2 Å². The second kappa shape index (κ2) is 6.77. The minimum Gasteiger partial charge on any atom is -0.316 e. The lowest BCUT2D eigenvalue weighted by Crippen LogP contribution is -2.27. The molecule has 0 aliphatic rings. The Bertz CT molecular complexity index is 305. The van der Waals surface area contributed by atoms with Gasteiger partial charge in [-0.15, -0.1) is 0 Å². The molecular formula is C11H16ClFN2. The van der Waals surface area contributed by atoms with E-state index in [9.17, 15) is 4.39 Å². The van der Waals surface area contributed by atoms with Crippen LogP contribution in [0, 0.1) is 5.82 Å². The van der Waals surface area contributed by atoms with Crippen molar-refractivity contribution in [3.63, 3.8) is 0 Å². The average Bonchev–Trinajstić information content (AvgIpc) is 2.24. The van der Waals surface area contributed by atoms with Crippen LogP contribution in [-0.4, -0.2) is 19.6 Å². The Morgan fingerprint density at radius 1 is 1.27 bits per heavy atom. The molecule has 0 aliphatic heterocycles. The summed E-state index contributed by atoms with van der Waals surface area (Å²) in [4.78, 5) is 0. The molecule has 0 unspecified atom stereocenters. The number of hydrogen-bond acceptors (Lipinski definition) is 2. The molecule has 0 amide bonds. The Kier molecular flexibility index (Phi) is 5.61. The lowest BCUT2D eigenvalue weighted by molar-refractivity contribution is 0.578. The fourth-order valence-electron chi connectivity index (χ4n) is 1.26. The van der Waals surface area contributed by atoms with E-state index >= 15 is 0 Å². The van der Waals surface area contributed by atoms with E-state index in [0.717, 1.165) is 19.6 Å². The molecule has 0 aromatic heterocycles. The summed E-state index contributed by atoms with van der Waals surface area (Å²) in [5.41, 5.74) is 0.610. The van der Waals surface area contributed by atoms with Crippen molar-refractivity contribution in [2.24, 2.45) is 0 Å². The summed E-state index contributed by atoms with van der Waals surface area (Å²) in [6, 6.07) is 5.05. The second-order valence-corrected chi connectivity index (χ2v) is 3.65. The van der Waals surface area contributed by atoms with Crippen LogP contribution in [0.2, 0.25) is 5.02 Å². The number of nitrogens with one attached hydrogen (secondary N) is 2. The van der Waals surface area contributed by atoms with Gasteiger partial charge < -0.3 is 10.6 Å². The van der Waals surface area contributed by atoms with Crippen molar-refractivity contribution in [3.8, 4) is 0 Å². The van der Waals surface area contributed by atoms with Crippen LogP contribution in [0.25, 0.3) is 0 Å². The van der Waals surface area contributed by atoms with Gasteiger partial charge >= 0.3 is 0 Å². The minimum absolute atomic E-state index is 0.181. The highest BCUT2D eigenvalue weighted by Crippen LogP contribution is 2.17. The first-order chi connectivity index (χ1) is 7.25. The van der Waals surface area contributed by atoms with Crippen molar-refractivity contribution < 1.29 is 4.39 Å². The van der Waals surface area contributed by atoms with Gasteiger partial charge in [-0.1, -0.05) is 30.7 Å². The Morgan fingerprint density at radius 3 is 2.73 bits per heavy atom. The van der Waals surface area contributed by atoms with E-state index in [1.54, 1.807) is 18.2 Å². The molecule has 0 saturated heterocycles. The van der Waals surface area contributed by atoms with Crippen LogP contribution in [-0.2, 0) is 6.54 Å². The van der Waals surface area contributed by atoms with Crippen molar-refractivity contribution in [3.05, 3.63) is 34.6 Å². The largest absolute Gasteiger partial charge is 0.316 e. The van der Waals surface area contributed by atoms with Crippen molar-refractivity contribution in [1.82, 2.24) is 10.6 Å². The SMILES string of the molecule is CCNCCNCc1cccc(Cl)c1F. The molecular weight excluding hydrogens is 215 g/mol. The zero-order valence-electron chi connectivity index (χ0n) is 8.82. The smallest absolute Gasteiger partial charge is 0.146 e. The normalized spacial score (nSPS) is 10.6. The van der Waals surface area contributed by atoms with Crippen LogP contribution in [0.3, 0.4) is 0 Å². The number of halogens is 2. The highest BCUT2D eigenvalue weighted by Gasteiger charge is 2.04. The Hall–Kier alpha value is -0.640. The quantitative estimate of drug-likeness (QED) is 0.732.